The Balaban J connectivity index is 1.75. The van der Waals surface area contributed by atoms with Crippen LogP contribution in [0.1, 0.15) is 50.3 Å². The Morgan fingerprint density at radius 1 is 1.11 bits per heavy atom. The summed E-state index contributed by atoms with van der Waals surface area (Å²) in [5, 5.41) is 3.26. The highest BCUT2D eigenvalue weighted by Crippen LogP contribution is 2.25. The number of aromatic nitrogens is 1. The first kappa shape index (κ1) is 29.5. The smallest absolute Gasteiger partial charge is 0.325 e. The third-order valence-corrected chi connectivity index (χ3v) is 7.13. The van der Waals surface area contributed by atoms with Crippen LogP contribution in [0.3, 0.4) is 0 Å². The predicted octanol–water partition coefficient (Wildman–Crippen LogP) is 4.07. The maximum atomic E-state index is 13.8. The van der Waals surface area contributed by atoms with Crippen molar-refractivity contribution in [3.05, 3.63) is 58.9 Å². The van der Waals surface area contributed by atoms with Gasteiger partial charge in [0.25, 0.3) is 0 Å². The minimum Gasteiger partial charge on any atom is -0.465 e. The van der Waals surface area contributed by atoms with Crippen LogP contribution in [0.15, 0.2) is 42.6 Å². The zero-order valence-corrected chi connectivity index (χ0v) is 23.1. The predicted molar refractivity (Wildman–Crippen MR) is 146 cm³/mol. The van der Waals surface area contributed by atoms with Crippen LogP contribution in [0, 0.1) is 0 Å². The lowest BCUT2D eigenvalue weighted by Gasteiger charge is -2.36. The Morgan fingerprint density at radius 2 is 1.87 bits per heavy atom. The third kappa shape index (κ3) is 8.77. The van der Waals surface area contributed by atoms with Crippen molar-refractivity contribution >= 4 is 29.5 Å². The molecule has 1 aliphatic carbocycles. The van der Waals surface area contributed by atoms with Gasteiger partial charge in [0.15, 0.2) is 0 Å². The number of hydrogen-bond donors (Lipinski definition) is 1. The summed E-state index contributed by atoms with van der Waals surface area (Å²) in [5.74, 6) is -0.660. The molecule has 0 unspecified atom stereocenters. The molecule has 9 nitrogen and oxygen atoms in total. The summed E-state index contributed by atoms with van der Waals surface area (Å²) >= 11 is 6.40. The number of amides is 3. The standard InChI is InChI=1S/C28H39ClN4O5/c1-3-38-27(35)18-30-28(36)32(16-17-37-2)21-26(34)33(23-11-5-4-6-12-23)20-24-13-9-15-31(24)19-22-10-7-8-14-25(22)29/h7-10,13-15,23H,3-6,11-12,16-21H2,1-2H3,(H,30,36). The zero-order chi connectivity index (χ0) is 27.3. The van der Waals surface area contributed by atoms with Crippen LogP contribution in [0.4, 0.5) is 4.79 Å². The molecule has 0 spiro atoms. The molecular formula is C28H39ClN4O5. The van der Waals surface area contributed by atoms with E-state index in [9.17, 15) is 14.4 Å². The number of carbonyl (C=O) groups is 3. The van der Waals surface area contributed by atoms with Crippen molar-refractivity contribution in [2.45, 2.75) is 58.2 Å². The van der Waals surface area contributed by atoms with Gasteiger partial charge in [0, 0.05) is 43.2 Å². The van der Waals surface area contributed by atoms with E-state index < -0.39 is 12.0 Å². The van der Waals surface area contributed by atoms with Crippen LogP contribution >= 0.6 is 11.6 Å². The normalized spacial score (nSPS) is 13.7. The van der Waals surface area contributed by atoms with Crippen LogP contribution in [0.25, 0.3) is 0 Å². The molecule has 208 valence electrons. The second-order valence-electron chi connectivity index (χ2n) is 9.41. The van der Waals surface area contributed by atoms with Crippen LogP contribution in [-0.4, -0.2) is 78.3 Å². The maximum Gasteiger partial charge on any atom is 0.325 e. The number of nitrogens with zero attached hydrogens (tertiary/aromatic N) is 3. The number of nitrogens with one attached hydrogen (secondary N) is 1. The van der Waals surface area contributed by atoms with E-state index in [1.807, 2.05) is 47.5 Å². The van der Waals surface area contributed by atoms with Gasteiger partial charge >= 0.3 is 12.0 Å². The highest BCUT2D eigenvalue weighted by Gasteiger charge is 2.29. The fourth-order valence-corrected chi connectivity index (χ4v) is 4.92. The Hall–Kier alpha value is -3.04. The molecule has 1 saturated carbocycles. The van der Waals surface area contributed by atoms with Gasteiger partial charge in [-0.05, 0) is 43.5 Å². The molecular weight excluding hydrogens is 508 g/mol. The molecule has 0 bridgehead atoms. The Bertz CT molecular complexity index is 1050. The summed E-state index contributed by atoms with van der Waals surface area (Å²) in [6, 6.07) is 11.3. The Labute approximate surface area is 230 Å². The fraction of sp³-hybridized carbons (Fsp3) is 0.536. The van der Waals surface area contributed by atoms with Crippen LogP contribution in [0.2, 0.25) is 5.02 Å². The number of methoxy groups -OCH3 is 1. The number of benzene rings is 1. The molecule has 1 aromatic carbocycles. The van der Waals surface area contributed by atoms with E-state index in [1.54, 1.807) is 6.92 Å². The number of hydrogen-bond acceptors (Lipinski definition) is 5. The molecule has 0 atom stereocenters. The lowest BCUT2D eigenvalue weighted by Crippen LogP contribution is -2.51. The van der Waals surface area contributed by atoms with Gasteiger partial charge in [0.2, 0.25) is 5.91 Å². The highest BCUT2D eigenvalue weighted by atomic mass is 35.5. The maximum absolute atomic E-state index is 13.8. The number of carbonyl (C=O) groups excluding carboxylic acids is 3. The molecule has 1 N–H and O–H groups in total. The van der Waals surface area contributed by atoms with Gasteiger partial charge in [-0.25, -0.2) is 4.79 Å². The fourth-order valence-electron chi connectivity index (χ4n) is 4.73. The first-order valence-corrected chi connectivity index (χ1v) is 13.6. The van der Waals surface area contributed by atoms with Gasteiger partial charge in [-0.2, -0.15) is 0 Å². The van der Waals surface area contributed by atoms with Crippen molar-refractivity contribution in [2.24, 2.45) is 0 Å². The molecule has 2 aromatic rings. The van der Waals surface area contributed by atoms with E-state index in [2.05, 4.69) is 9.88 Å². The Kier molecular flexibility index (Phi) is 12.0. The molecule has 1 heterocycles. The number of esters is 1. The third-order valence-electron chi connectivity index (χ3n) is 6.76. The molecule has 1 aliphatic rings. The van der Waals surface area contributed by atoms with Crippen molar-refractivity contribution in [1.29, 1.82) is 0 Å². The van der Waals surface area contributed by atoms with E-state index in [0.29, 0.717) is 18.1 Å². The average Bonchev–Trinajstić information content (AvgIpc) is 3.36. The first-order chi connectivity index (χ1) is 18.4. The molecule has 1 aromatic heterocycles. The SMILES string of the molecule is CCOC(=O)CNC(=O)N(CCOC)CC(=O)N(Cc1cccn1Cc1ccccc1Cl)C1CCCCC1. The van der Waals surface area contributed by atoms with Gasteiger partial charge < -0.3 is 29.2 Å². The number of urea groups is 1. The summed E-state index contributed by atoms with van der Waals surface area (Å²) in [4.78, 5) is 41.6. The second kappa shape index (κ2) is 15.4. The molecule has 0 saturated heterocycles. The minimum absolute atomic E-state index is 0.104. The zero-order valence-electron chi connectivity index (χ0n) is 22.4. The molecule has 38 heavy (non-hydrogen) atoms. The van der Waals surface area contributed by atoms with E-state index in [1.165, 1.54) is 12.0 Å². The molecule has 0 radical (unpaired) electrons. The second-order valence-corrected chi connectivity index (χ2v) is 9.82. The van der Waals surface area contributed by atoms with Gasteiger partial charge in [0.1, 0.15) is 13.1 Å². The molecule has 1 fully saturated rings. The summed E-state index contributed by atoms with van der Waals surface area (Å²) in [5.41, 5.74) is 2.00. The largest absolute Gasteiger partial charge is 0.465 e. The van der Waals surface area contributed by atoms with Crippen molar-refractivity contribution in [2.75, 3.05) is 40.0 Å². The summed E-state index contributed by atoms with van der Waals surface area (Å²) in [6.45, 7) is 3.09. The van der Waals surface area contributed by atoms with E-state index >= 15 is 0 Å². The van der Waals surface area contributed by atoms with Crippen molar-refractivity contribution in [1.82, 2.24) is 19.7 Å². The quantitative estimate of drug-likeness (QED) is 0.382. The molecule has 3 amide bonds. The van der Waals surface area contributed by atoms with Crippen molar-refractivity contribution in [3.63, 3.8) is 0 Å². The Morgan fingerprint density at radius 3 is 2.58 bits per heavy atom. The van der Waals surface area contributed by atoms with Crippen molar-refractivity contribution < 1.29 is 23.9 Å². The van der Waals surface area contributed by atoms with Gasteiger partial charge in [-0.15, -0.1) is 0 Å². The van der Waals surface area contributed by atoms with E-state index in [0.717, 1.165) is 43.4 Å². The minimum atomic E-state index is -0.526. The topological polar surface area (TPSA) is 93.1 Å². The van der Waals surface area contributed by atoms with Crippen LogP contribution in [-0.2, 0) is 32.2 Å². The van der Waals surface area contributed by atoms with E-state index in [-0.39, 0.29) is 44.8 Å². The summed E-state index contributed by atoms with van der Waals surface area (Å²) in [6.07, 6.45) is 7.17. The van der Waals surface area contributed by atoms with Gasteiger partial charge in [0.05, 0.1) is 19.8 Å². The van der Waals surface area contributed by atoms with Gasteiger partial charge in [-0.1, -0.05) is 49.1 Å². The molecule has 3 rings (SSSR count). The van der Waals surface area contributed by atoms with Crippen molar-refractivity contribution in [3.8, 4) is 0 Å². The summed E-state index contributed by atoms with van der Waals surface area (Å²) < 4.78 is 12.2. The first-order valence-electron chi connectivity index (χ1n) is 13.3. The highest BCUT2D eigenvalue weighted by molar-refractivity contribution is 6.31. The van der Waals surface area contributed by atoms with Gasteiger partial charge in [-0.3, -0.25) is 9.59 Å². The summed E-state index contributed by atoms with van der Waals surface area (Å²) in [7, 11) is 1.54. The number of rotatable bonds is 13. The van der Waals surface area contributed by atoms with Crippen LogP contribution in [0.5, 0.6) is 0 Å². The number of halogens is 1. The lowest BCUT2D eigenvalue weighted by molar-refractivity contribution is -0.141. The molecule has 10 heteroatoms. The van der Waals surface area contributed by atoms with Crippen LogP contribution < -0.4 is 5.32 Å². The lowest BCUT2D eigenvalue weighted by atomic mass is 9.94. The average molecular weight is 547 g/mol. The molecule has 0 aliphatic heterocycles. The van der Waals surface area contributed by atoms with E-state index in [4.69, 9.17) is 21.1 Å². The number of ether oxygens (including phenoxy) is 2. The monoisotopic (exact) mass is 546 g/mol.